The number of halogens is 3. The zero-order valence-corrected chi connectivity index (χ0v) is 11.5. The van der Waals surface area contributed by atoms with Crippen LogP contribution in [0.5, 0.6) is 0 Å². The molecule has 1 atom stereocenters. The molecule has 4 heteroatoms. The number of rotatable bonds is 2. The summed E-state index contributed by atoms with van der Waals surface area (Å²) < 4.78 is 40.2. The van der Waals surface area contributed by atoms with Crippen molar-refractivity contribution in [2.45, 2.75) is 29.1 Å². The number of hydrogen-bond acceptors (Lipinski definition) is 0. The first-order valence-corrected chi connectivity index (χ1v) is 7.05. The Morgan fingerprint density at radius 3 is 1.95 bits per heavy atom. The van der Waals surface area contributed by atoms with Crippen molar-refractivity contribution in [2.24, 2.45) is 0 Å². The second-order valence-electron chi connectivity index (χ2n) is 4.33. The van der Waals surface area contributed by atoms with Crippen LogP contribution in [0.15, 0.2) is 58.3 Å². The lowest BCUT2D eigenvalue weighted by Crippen LogP contribution is -2.25. The molecule has 0 N–H and O–H groups in total. The molecule has 0 bridgehead atoms. The Kier molecular flexibility index (Phi) is 3.90. The van der Waals surface area contributed by atoms with Gasteiger partial charge in [0.15, 0.2) is 20.7 Å². The summed E-state index contributed by atoms with van der Waals surface area (Å²) in [6, 6.07) is 13.3. The van der Waals surface area contributed by atoms with Gasteiger partial charge in [0, 0.05) is 5.56 Å². The van der Waals surface area contributed by atoms with Gasteiger partial charge in [0.1, 0.15) is 0 Å². The molecule has 0 fully saturated rings. The first-order valence-electron chi connectivity index (χ1n) is 5.83. The molecule has 0 saturated carbocycles. The normalized spacial score (nSPS) is 13.3. The van der Waals surface area contributed by atoms with Crippen LogP contribution in [0, 0.1) is 13.8 Å². The van der Waals surface area contributed by atoms with Crippen LogP contribution in [0.3, 0.4) is 0 Å². The summed E-state index contributed by atoms with van der Waals surface area (Å²) in [6.07, 6.45) is 0. The molecular weight excluding hydrogens is 269 g/mol. The van der Waals surface area contributed by atoms with E-state index in [1.54, 1.807) is 55.5 Å². The van der Waals surface area contributed by atoms with Gasteiger partial charge in [0.25, 0.3) is 0 Å². The molecule has 1 unspecified atom stereocenters. The Morgan fingerprint density at radius 1 is 0.842 bits per heavy atom. The predicted molar refractivity (Wildman–Crippen MR) is 72.3 cm³/mol. The first kappa shape index (κ1) is 14.0. The molecular formula is C15H14F3S+. The highest BCUT2D eigenvalue weighted by atomic mass is 32.2. The summed E-state index contributed by atoms with van der Waals surface area (Å²) in [4.78, 5) is 0.659. The molecule has 0 spiro atoms. The fourth-order valence-corrected chi connectivity index (χ4v) is 3.63. The van der Waals surface area contributed by atoms with Gasteiger partial charge in [-0.15, -0.1) is 13.2 Å². The van der Waals surface area contributed by atoms with Crippen molar-refractivity contribution in [1.29, 1.82) is 0 Å². The third-order valence-electron chi connectivity index (χ3n) is 2.80. The van der Waals surface area contributed by atoms with E-state index in [4.69, 9.17) is 0 Å². The zero-order valence-electron chi connectivity index (χ0n) is 10.7. The van der Waals surface area contributed by atoms with Gasteiger partial charge in [-0.25, -0.2) is 0 Å². The molecule has 0 amide bonds. The second kappa shape index (κ2) is 5.29. The summed E-state index contributed by atoms with van der Waals surface area (Å²) in [5, 5.41) is 0. The van der Waals surface area contributed by atoms with Crippen molar-refractivity contribution in [3.63, 3.8) is 0 Å². The summed E-state index contributed by atoms with van der Waals surface area (Å²) in [7, 11) is -1.89. The number of hydrogen-bond donors (Lipinski definition) is 0. The highest BCUT2D eigenvalue weighted by Crippen LogP contribution is 2.39. The third-order valence-corrected chi connectivity index (χ3v) is 4.91. The van der Waals surface area contributed by atoms with Crippen molar-refractivity contribution in [3.8, 4) is 0 Å². The Balaban J connectivity index is 2.55. The van der Waals surface area contributed by atoms with Crippen LogP contribution >= 0.6 is 0 Å². The number of alkyl halides is 3. The maximum atomic E-state index is 13.4. The number of benzene rings is 2. The SMILES string of the molecule is Cc1ccc([S+](c2ccccc2C)C(F)(F)F)cc1. The molecule has 2 rings (SSSR count). The Bertz CT molecular complexity index is 558. The van der Waals surface area contributed by atoms with E-state index in [1.165, 1.54) is 0 Å². The van der Waals surface area contributed by atoms with Gasteiger partial charge < -0.3 is 0 Å². The number of aryl methyl sites for hydroxylation is 2. The Hall–Kier alpha value is -1.42. The molecule has 0 aliphatic carbocycles. The average Bonchev–Trinajstić information content (AvgIpc) is 2.33. The van der Waals surface area contributed by atoms with Crippen LogP contribution in [-0.4, -0.2) is 5.51 Å². The maximum Gasteiger partial charge on any atom is 0.586 e. The molecule has 0 aliphatic heterocycles. The van der Waals surface area contributed by atoms with E-state index in [1.807, 2.05) is 6.92 Å². The molecule has 0 aliphatic rings. The fourth-order valence-electron chi connectivity index (χ4n) is 1.85. The lowest BCUT2D eigenvalue weighted by atomic mass is 10.2. The maximum absolute atomic E-state index is 13.4. The quantitative estimate of drug-likeness (QED) is 0.690. The predicted octanol–water partition coefficient (Wildman–Crippen LogP) is 4.86. The van der Waals surface area contributed by atoms with E-state index >= 15 is 0 Å². The molecule has 0 nitrogen and oxygen atoms in total. The molecule has 100 valence electrons. The van der Waals surface area contributed by atoms with Gasteiger partial charge in [0.2, 0.25) is 0 Å². The molecule has 0 aromatic heterocycles. The van der Waals surface area contributed by atoms with E-state index in [2.05, 4.69) is 0 Å². The van der Waals surface area contributed by atoms with Crippen molar-refractivity contribution < 1.29 is 13.2 Å². The van der Waals surface area contributed by atoms with Gasteiger partial charge in [-0.2, -0.15) is 0 Å². The third kappa shape index (κ3) is 3.13. The lowest BCUT2D eigenvalue weighted by Gasteiger charge is -2.12. The summed E-state index contributed by atoms with van der Waals surface area (Å²) in [6.45, 7) is 3.58. The summed E-state index contributed by atoms with van der Waals surface area (Å²) >= 11 is 0. The van der Waals surface area contributed by atoms with Crippen LogP contribution in [0.4, 0.5) is 13.2 Å². The lowest BCUT2D eigenvalue weighted by molar-refractivity contribution is -0.0371. The molecule has 0 saturated heterocycles. The molecule has 2 aromatic carbocycles. The summed E-state index contributed by atoms with van der Waals surface area (Å²) in [5.41, 5.74) is -2.63. The van der Waals surface area contributed by atoms with E-state index in [0.29, 0.717) is 15.4 Å². The zero-order chi connectivity index (χ0) is 14.0. The minimum absolute atomic E-state index is 0.312. The van der Waals surface area contributed by atoms with E-state index in [0.717, 1.165) is 5.56 Å². The van der Waals surface area contributed by atoms with Gasteiger partial charge in [-0.05, 0) is 32.0 Å². The monoisotopic (exact) mass is 283 g/mol. The highest BCUT2D eigenvalue weighted by molar-refractivity contribution is 7.97. The van der Waals surface area contributed by atoms with Crippen LogP contribution < -0.4 is 0 Å². The first-order chi connectivity index (χ1) is 8.89. The summed E-state index contributed by atoms with van der Waals surface area (Å²) in [5.74, 6) is 0. The topological polar surface area (TPSA) is 0 Å². The second-order valence-corrected chi connectivity index (χ2v) is 6.32. The van der Waals surface area contributed by atoms with E-state index < -0.39 is 16.4 Å². The molecule has 2 aromatic rings. The molecule has 0 heterocycles. The highest BCUT2D eigenvalue weighted by Gasteiger charge is 2.55. The van der Waals surface area contributed by atoms with Crippen LogP contribution in [-0.2, 0) is 10.9 Å². The Labute approximate surface area is 113 Å². The van der Waals surface area contributed by atoms with Crippen LogP contribution in [0.25, 0.3) is 0 Å². The largest absolute Gasteiger partial charge is 0.586 e. The van der Waals surface area contributed by atoms with E-state index in [9.17, 15) is 13.2 Å². The molecule has 0 radical (unpaired) electrons. The smallest absolute Gasteiger partial charge is 0.122 e. The molecule has 19 heavy (non-hydrogen) atoms. The van der Waals surface area contributed by atoms with Gasteiger partial charge in [0.05, 0.1) is 0 Å². The van der Waals surface area contributed by atoms with Crippen LogP contribution in [0.1, 0.15) is 11.1 Å². The van der Waals surface area contributed by atoms with Gasteiger partial charge in [-0.3, -0.25) is 0 Å². The van der Waals surface area contributed by atoms with Crippen molar-refractivity contribution in [3.05, 3.63) is 59.7 Å². The van der Waals surface area contributed by atoms with Crippen LogP contribution in [0.2, 0.25) is 0 Å². The van der Waals surface area contributed by atoms with E-state index in [-0.39, 0.29) is 0 Å². The van der Waals surface area contributed by atoms with Crippen molar-refractivity contribution in [2.75, 3.05) is 0 Å². The standard InChI is InChI=1S/C15H14F3S/c1-11-7-9-13(10-8-11)19(15(16,17)18)14-6-4-3-5-12(14)2/h3-10H,1-2H3/q+1. The van der Waals surface area contributed by atoms with Crippen molar-refractivity contribution >= 4 is 10.9 Å². The van der Waals surface area contributed by atoms with Gasteiger partial charge in [-0.1, -0.05) is 35.9 Å². The minimum atomic E-state index is -4.26. The minimum Gasteiger partial charge on any atom is -0.122 e. The fraction of sp³-hybridized carbons (Fsp3) is 0.200. The van der Waals surface area contributed by atoms with Gasteiger partial charge >= 0.3 is 5.51 Å². The average molecular weight is 283 g/mol. The van der Waals surface area contributed by atoms with Crippen molar-refractivity contribution in [1.82, 2.24) is 0 Å². The Morgan fingerprint density at radius 2 is 1.42 bits per heavy atom.